The van der Waals surface area contributed by atoms with Gasteiger partial charge in [-0.15, -0.1) is 12.4 Å². The summed E-state index contributed by atoms with van der Waals surface area (Å²) in [6, 6.07) is 16.9. The van der Waals surface area contributed by atoms with Gasteiger partial charge in [-0.1, -0.05) is 70.7 Å². The Morgan fingerprint density at radius 3 is 2.20 bits per heavy atom. The first-order valence-electron chi connectivity index (χ1n) is 10.8. The first-order valence-corrected chi connectivity index (χ1v) is 13.0. The van der Waals surface area contributed by atoms with E-state index in [9.17, 15) is 8.42 Å². The number of aryl methyl sites for hydroxylation is 2. The Balaban J connectivity index is 0.000000301. The predicted molar refractivity (Wildman–Crippen MR) is 146 cm³/mol. The quantitative estimate of drug-likeness (QED) is 0.298. The van der Waals surface area contributed by atoms with Gasteiger partial charge in [-0.05, 0) is 54.1 Å². The molecular formula is C24H25Cl3N8O4S. The maximum atomic E-state index is 12.3. The first kappa shape index (κ1) is 32.4. The molecule has 0 saturated carbocycles. The SMILES string of the molecule is C.Cc1ccc(S(=O)(=O)N=c2[n-][n+](-c3cccc(C)c3C)no2)cc1.Cl.N=c1[n-][n+](-c2ccc(Cl)c(Cl)c2)no1. The van der Waals surface area contributed by atoms with Gasteiger partial charge in [0.15, 0.2) is 0 Å². The Bertz CT molecular complexity index is 1830. The zero-order valence-corrected chi connectivity index (χ0v) is 23.8. The van der Waals surface area contributed by atoms with Gasteiger partial charge >= 0.3 is 0 Å². The van der Waals surface area contributed by atoms with Crippen LogP contribution in [0.15, 0.2) is 79.0 Å². The Kier molecular flexibility index (Phi) is 11.0. The average Bonchev–Trinajstić information content (AvgIpc) is 3.52. The summed E-state index contributed by atoms with van der Waals surface area (Å²) in [7, 11) is -3.90. The fourth-order valence-electron chi connectivity index (χ4n) is 3.06. The van der Waals surface area contributed by atoms with Gasteiger partial charge in [-0.25, -0.2) is 12.8 Å². The molecule has 0 saturated heterocycles. The van der Waals surface area contributed by atoms with Crippen LogP contribution in [0.2, 0.25) is 10.0 Å². The van der Waals surface area contributed by atoms with E-state index < -0.39 is 10.0 Å². The Labute approximate surface area is 245 Å². The third kappa shape index (κ3) is 7.66. The molecule has 40 heavy (non-hydrogen) atoms. The van der Waals surface area contributed by atoms with Crippen LogP contribution in [0, 0.1) is 26.2 Å². The summed E-state index contributed by atoms with van der Waals surface area (Å²) in [6.07, 6.45) is 0. The van der Waals surface area contributed by atoms with Gasteiger partial charge in [0, 0.05) is 23.8 Å². The van der Waals surface area contributed by atoms with Crippen molar-refractivity contribution in [2.75, 3.05) is 0 Å². The fourth-order valence-corrected chi connectivity index (χ4v) is 4.21. The molecule has 0 aliphatic heterocycles. The van der Waals surface area contributed by atoms with Crippen LogP contribution < -0.4 is 31.2 Å². The van der Waals surface area contributed by atoms with Crippen molar-refractivity contribution in [3.05, 3.63) is 98.8 Å². The summed E-state index contributed by atoms with van der Waals surface area (Å²) >= 11 is 11.5. The zero-order valence-electron chi connectivity index (χ0n) is 20.6. The van der Waals surface area contributed by atoms with E-state index in [0.29, 0.717) is 21.4 Å². The summed E-state index contributed by atoms with van der Waals surface area (Å²) in [5.41, 5.74) is 3.69. The molecule has 0 fully saturated rings. The van der Waals surface area contributed by atoms with Crippen molar-refractivity contribution >= 4 is 45.6 Å². The number of hydrogen-bond acceptors (Lipinski definition) is 7. The average molecular weight is 628 g/mol. The van der Waals surface area contributed by atoms with Crippen LogP contribution in [-0.2, 0) is 10.0 Å². The highest BCUT2D eigenvalue weighted by molar-refractivity contribution is 7.90. The van der Waals surface area contributed by atoms with Gasteiger partial charge in [0.1, 0.15) is 0 Å². The van der Waals surface area contributed by atoms with Gasteiger partial charge in [-0.3, -0.25) is 0 Å². The van der Waals surface area contributed by atoms with Crippen molar-refractivity contribution in [1.82, 2.24) is 20.7 Å². The van der Waals surface area contributed by atoms with Crippen LogP contribution in [0.4, 0.5) is 0 Å². The van der Waals surface area contributed by atoms with E-state index >= 15 is 0 Å². The van der Waals surface area contributed by atoms with Gasteiger partial charge in [0.2, 0.25) is 27.1 Å². The van der Waals surface area contributed by atoms with Crippen molar-refractivity contribution in [1.29, 1.82) is 5.41 Å². The second kappa shape index (κ2) is 13.5. The number of nitrogens with one attached hydrogen (secondary N) is 1. The van der Waals surface area contributed by atoms with Gasteiger partial charge in [0.25, 0.3) is 5.68 Å². The Morgan fingerprint density at radius 2 is 1.57 bits per heavy atom. The van der Waals surface area contributed by atoms with Crippen molar-refractivity contribution in [2.45, 2.75) is 33.1 Å². The first-order chi connectivity index (χ1) is 18.0. The normalized spacial score (nSPS) is 11.2. The molecule has 0 aliphatic carbocycles. The molecule has 3 aromatic carbocycles. The number of rotatable bonds is 4. The van der Waals surface area contributed by atoms with Gasteiger partial charge in [0.05, 0.1) is 25.5 Å². The molecule has 0 unspecified atom stereocenters. The lowest BCUT2D eigenvalue weighted by Gasteiger charge is -2.00. The smallest absolute Gasteiger partial charge is 0.261 e. The summed E-state index contributed by atoms with van der Waals surface area (Å²) in [5, 5.41) is 22.8. The molecule has 0 spiro atoms. The van der Waals surface area contributed by atoms with Crippen LogP contribution in [0.25, 0.3) is 11.4 Å². The van der Waals surface area contributed by atoms with E-state index in [1.54, 1.807) is 30.3 Å². The number of halogens is 3. The van der Waals surface area contributed by atoms with Crippen molar-refractivity contribution in [3.8, 4) is 11.4 Å². The summed E-state index contributed by atoms with van der Waals surface area (Å²) < 4.78 is 37.6. The fraction of sp³-hybridized carbons (Fsp3) is 0.167. The molecule has 5 aromatic rings. The lowest BCUT2D eigenvalue weighted by atomic mass is 10.1. The number of aromatic nitrogens is 6. The minimum absolute atomic E-state index is 0. The van der Waals surface area contributed by atoms with Crippen LogP contribution in [0.1, 0.15) is 24.1 Å². The third-order valence-electron chi connectivity index (χ3n) is 5.21. The monoisotopic (exact) mass is 626 g/mol. The van der Waals surface area contributed by atoms with E-state index in [2.05, 4.69) is 29.7 Å². The molecule has 2 aromatic heterocycles. The lowest BCUT2D eigenvalue weighted by Crippen LogP contribution is -2.41. The van der Waals surface area contributed by atoms with Gasteiger partial charge in [-0.2, -0.15) is 0 Å². The van der Waals surface area contributed by atoms with E-state index in [1.165, 1.54) is 16.9 Å². The standard InChI is InChI=1S/C16H16N4O3S.C7H4Cl2N4O.CH4.ClH/c1-11-7-9-14(10-8-11)24(21,22)18-16-17-20(19-23-16)15-6-4-5-12(2)13(15)3;8-5-2-1-4(3-6(5)9)13-11-7(10)14-12-13;;/h4-10H,1-3H3;1-3,10H;1H4;1H. The van der Waals surface area contributed by atoms with Crippen LogP contribution in [0.5, 0.6) is 0 Å². The largest absolute Gasteiger partial charge is 0.376 e. The van der Waals surface area contributed by atoms with E-state index in [-0.39, 0.29) is 36.1 Å². The summed E-state index contributed by atoms with van der Waals surface area (Å²) in [4.78, 5) is 2.46. The number of benzene rings is 3. The van der Waals surface area contributed by atoms with Crippen LogP contribution >= 0.6 is 35.6 Å². The number of sulfonamides is 1. The van der Waals surface area contributed by atoms with E-state index in [4.69, 9.17) is 33.1 Å². The maximum absolute atomic E-state index is 12.3. The summed E-state index contributed by atoms with van der Waals surface area (Å²) in [5.74, 6) is 0. The molecule has 0 amide bonds. The molecule has 16 heteroatoms. The van der Waals surface area contributed by atoms with Crippen molar-refractivity contribution in [3.63, 3.8) is 0 Å². The Morgan fingerprint density at radius 1 is 0.900 bits per heavy atom. The number of hydrogen-bond donors (Lipinski definition) is 1. The molecule has 0 bridgehead atoms. The Hall–Kier alpha value is -3.78. The lowest BCUT2D eigenvalue weighted by molar-refractivity contribution is -0.730. The number of nitrogens with zero attached hydrogens (tertiary/aromatic N) is 7. The minimum atomic E-state index is -3.90. The second-order valence-electron chi connectivity index (χ2n) is 7.91. The summed E-state index contributed by atoms with van der Waals surface area (Å²) in [6.45, 7) is 5.76. The van der Waals surface area contributed by atoms with Gasteiger partial charge < -0.3 is 14.5 Å². The van der Waals surface area contributed by atoms with Crippen molar-refractivity contribution < 1.29 is 27.1 Å². The molecule has 212 valence electrons. The van der Waals surface area contributed by atoms with Crippen LogP contribution in [-0.4, -0.2) is 19.0 Å². The van der Waals surface area contributed by atoms with E-state index in [1.807, 2.05) is 39.0 Å². The molecule has 5 rings (SSSR count). The highest BCUT2D eigenvalue weighted by Gasteiger charge is 2.14. The highest BCUT2D eigenvalue weighted by atomic mass is 35.5. The molecule has 0 atom stereocenters. The molecule has 0 radical (unpaired) electrons. The maximum Gasteiger partial charge on any atom is 0.261 e. The zero-order chi connectivity index (χ0) is 27.4. The highest BCUT2D eigenvalue weighted by Crippen LogP contribution is 2.22. The molecule has 12 nitrogen and oxygen atoms in total. The molecular weight excluding hydrogens is 603 g/mol. The van der Waals surface area contributed by atoms with Crippen LogP contribution in [0.3, 0.4) is 0 Å². The second-order valence-corrected chi connectivity index (χ2v) is 10.3. The predicted octanol–water partition coefficient (Wildman–Crippen LogP) is 2.88. The molecule has 1 N–H and O–H groups in total. The van der Waals surface area contributed by atoms with E-state index in [0.717, 1.165) is 21.5 Å². The topological polar surface area (TPSA) is 158 Å². The van der Waals surface area contributed by atoms with Crippen molar-refractivity contribution in [2.24, 2.45) is 4.40 Å². The minimum Gasteiger partial charge on any atom is -0.376 e. The molecule has 2 heterocycles. The third-order valence-corrected chi connectivity index (χ3v) is 7.22. The molecule has 0 aliphatic rings.